The fourth-order valence-corrected chi connectivity index (χ4v) is 6.91. The average molecular weight is 475 g/mol. The Morgan fingerprint density at radius 1 is 0.969 bits per heavy atom. The van der Waals surface area contributed by atoms with Crippen LogP contribution in [0.25, 0.3) is 0 Å². The molecule has 2 aliphatic heterocycles. The molecule has 0 N–H and O–H groups in total. The number of sulfonamides is 1. The monoisotopic (exact) mass is 474 g/mol. The summed E-state index contributed by atoms with van der Waals surface area (Å²) in [6, 6.07) is 6.46. The van der Waals surface area contributed by atoms with E-state index >= 15 is 0 Å². The second-order valence-electron chi connectivity index (χ2n) is 9.00. The second-order valence-corrected chi connectivity index (χ2v) is 11.9. The maximum absolute atomic E-state index is 12.9. The number of piperidine rings is 1. The fourth-order valence-electron chi connectivity index (χ4n) is 4.47. The smallest absolute Gasteiger partial charge is 0.253 e. The van der Waals surface area contributed by atoms with Crippen LogP contribution in [0.2, 0.25) is 0 Å². The van der Waals surface area contributed by atoms with E-state index in [2.05, 4.69) is 10.3 Å². The standard InChI is InChI=1S/C23H30N4O3S2/c28-23(19-6-8-20(9-7-19)32(29,30)27-10-2-1-3-11-27)26-14-12-25(13-15-26)16-22-24-21(17-31-22)18-4-5-18/h6-9,17-18H,1-5,10-16H2. The van der Waals surface area contributed by atoms with Crippen molar-refractivity contribution < 1.29 is 13.2 Å². The van der Waals surface area contributed by atoms with Crippen molar-refractivity contribution in [2.24, 2.45) is 0 Å². The Morgan fingerprint density at radius 3 is 2.31 bits per heavy atom. The Kier molecular flexibility index (Phi) is 6.33. The minimum absolute atomic E-state index is 0.0307. The van der Waals surface area contributed by atoms with E-state index in [-0.39, 0.29) is 10.8 Å². The van der Waals surface area contributed by atoms with Gasteiger partial charge in [0.2, 0.25) is 10.0 Å². The molecule has 1 aliphatic carbocycles. The first-order chi connectivity index (χ1) is 15.5. The van der Waals surface area contributed by atoms with Gasteiger partial charge in [-0.15, -0.1) is 11.3 Å². The molecule has 7 nitrogen and oxygen atoms in total. The highest BCUT2D eigenvalue weighted by atomic mass is 32.2. The lowest BCUT2D eigenvalue weighted by Gasteiger charge is -2.34. The van der Waals surface area contributed by atoms with Crippen LogP contribution >= 0.6 is 11.3 Å². The number of rotatable bonds is 6. The van der Waals surface area contributed by atoms with Crippen molar-refractivity contribution >= 4 is 27.3 Å². The molecule has 5 rings (SSSR count). The summed E-state index contributed by atoms with van der Waals surface area (Å²) in [6.07, 6.45) is 5.44. The number of carbonyl (C=O) groups is 1. The summed E-state index contributed by atoms with van der Waals surface area (Å²) in [7, 11) is -3.47. The summed E-state index contributed by atoms with van der Waals surface area (Å²) >= 11 is 1.74. The molecular formula is C23H30N4O3S2. The van der Waals surface area contributed by atoms with Gasteiger partial charge in [-0.3, -0.25) is 9.69 Å². The van der Waals surface area contributed by atoms with Gasteiger partial charge in [0, 0.05) is 56.1 Å². The van der Waals surface area contributed by atoms with Crippen molar-refractivity contribution in [1.29, 1.82) is 0 Å². The molecule has 3 fully saturated rings. The molecule has 1 aromatic carbocycles. The summed E-state index contributed by atoms with van der Waals surface area (Å²) in [6.45, 7) is 5.01. The first kappa shape index (κ1) is 22.0. The Morgan fingerprint density at radius 2 is 1.66 bits per heavy atom. The van der Waals surface area contributed by atoms with Gasteiger partial charge in [-0.05, 0) is 49.9 Å². The van der Waals surface area contributed by atoms with Gasteiger partial charge in [-0.2, -0.15) is 4.31 Å². The maximum atomic E-state index is 12.9. The predicted molar refractivity (Wildman–Crippen MR) is 124 cm³/mol. The quantitative estimate of drug-likeness (QED) is 0.643. The topological polar surface area (TPSA) is 73.8 Å². The van der Waals surface area contributed by atoms with E-state index in [1.165, 1.54) is 18.5 Å². The van der Waals surface area contributed by atoms with Crippen LogP contribution in [0.5, 0.6) is 0 Å². The van der Waals surface area contributed by atoms with Crippen LogP contribution in [0.4, 0.5) is 0 Å². The minimum Gasteiger partial charge on any atom is -0.336 e. The van der Waals surface area contributed by atoms with Crippen molar-refractivity contribution in [2.45, 2.75) is 49.5 Å². The number of hydrogen-bond donors (Lipinski definition) is 0. The number of aromatic nitrogens is 1. The van der Waals surface area contributed by atoms with Crippen LogP contribution in [0.15, 0.2) is 34.5 Å². The third kappa shape index (κ3) is 4.76. The van der Waals surface area contributed by atoms with Crippen LogP contribution in [-0.2, 0) is 16.6 Å². The predicted octanol–water partition coefficient (Wildman–Crippen LogP) is 3.15. The number of amides is 1. The van der Waals surface area contributed by atoms with Gasteiger partial charge in [-0.25, -0.2) is 13.4 Å². The summed E-state index contributed by atoms with van der Waals surface area (Å²) in [5.74, 6) is 0.660. The van der Waals surface area contributed by atoms with Crippen molar-refractivity contribution in [1.82, 2.24) is 19.1 Å². The average Bonchev–Trinajstić information content (AvgIpc) is 3.58. The summed E-state index contributed by atoms with van der Waals surface area (Å²) in [5.41, 5.74) is 1.80. The molecular weight excluding hydrogens is 444 g/mol. The SMILES string of the molecule is O=C(c1ccc(S(=O)(=O)N2CCCCC2)cc1)N1CCN(Cc2nc(C3CC3)cs2)CC1. The minimum atomic E-state index is -3.47. The Hall–Kier alpha value is -1.81. The second kappa shape index (κ2) is 9.21. The van der Waals surface area contributed by atoms with E-state index < -0.39 is 10.0 Å². The van der Waals surface area contributed by atoms with E-state index in [0.29, 0.717) is 37.7 Å². The zero-order valence-electron chi connectivity index (χ0n) is 18.3. The number of carbonyl (C=O) groups excluding carboxylic acids is 1. The van der Waals surface area contributed by atoms with Crippen LogP contribution in [0.1, 0.15) is 59.1 Å². The lowest BCUT2D eigenvalue weighted by Crippen LogP contribution is -2.48. The van der Waals surface area contributed by atoms with Gasteiger partial charge in [-0.1, -0.05) is 6.42 Å². The summed E-state index contributed by atoms with van der Waals surface area (Å²) < 4.78 is 27.2. The van der Waals surface area contributed by atoms with Crippen molar-refractivity contribution in [3.05, 3.63) is 45.9 Å². The van der Waals surface area contributed by atoms with E-state index in [4.69, 9.17) is 4.98 Å². The van der Waals surface area contributed by atoms with E-state index in [0.717, 1.165) is 43.9 Å². The highest BCUT2D eigenvalue weighted by molar-refractivity contribution is 7.89. The summed E-state index contributed by atoms with van der Waals surface area (Å²) in [4.78, 5) is 22.2. The zero-order valence-corrected chi connectivity index (χ0v) is 19.9. The number of benzene rings is 1. The molecule has 0 bridgehead atoms. The lowest BCUT2D eigenvalue weighted by molar-refractivity contribution is 0.0628. The number of piperazine rings is 1. The highest BCUT2D eigenvalue weighted by Crippen LogP contribution is 2.40. The number of nitrogens with zero attached hydrogens (tertiary/aromatic N) is 4. The van der Waals surface area contributed by atoms with Crippen LogP contribution in [0.3, 0.4) is 0 Å². The van der Waals surface area contributed by atoms with E-state index in [9.17, 15) is 13.2 Å². The molecule has 3 heterocycles. The lowest BCUT2D eigenvalue weighted by atomic mass is 10.2. The van der Waals surface area contributed by atoms with Gasteiger partial charge >= 0.3 is 0 Å². The molecule has 3 aliphatic rings. The molecule has 0 radical (unpaired) electrons. The van der Waals surface area contributed by atoms with Gasteiger partial charge in [0.1, 0.15) is 5.01 Å². The maximum Gasteiger partial charge on any atom is 0.253 e. The van der Waals surface area contributed by atoms with Crippen molar-refractivity contribution in [3.8, 4) is 0 Å². The molecule has 0 spiro atoms. The molecule has 9 heteroatoms. The molecule has 0 unspecified atom stereocenters. The summed E-state index contributed by atoms with van der Waals surface area (Å²) in [5, 5.41) is 3.36. The molecule has 1 aromatic heterocycles. The molecule has 32 heavy (non-hydrogen) atoms. The first-order valence-electron chi connectivity index (χ1n) is 11.6. The van der Waals surface area contributed by atoms with E-state index in [1.54, 1.807) is 39.9 Å². The van der Waals surface area contributed by atoms with Crippen LogP contribution < -0.4 is 0 Å². The van der Waals surface area contributed by atoms with Gasteiger partial charge in [0.05, 0.1) is 17.1 Å². The normalized spacial score (nSPS) is 21.1. The molecule has 172 valence electrons. The fraction of sp³-hybridized carbons (Fsp3) is 0.565. The highest BCUT2D eigenvalue weighted by Gasteiger charge is 2.28. The van der Waals surface area contributed by atoms with Crippen LogP contribution in [-0.4, -0.2) is 72.7 Å². The number of hydrogen-bond acceptors (Lipinski definition) is 6. The molecule has 2 saturated heterocycles. The largest absolute Gasteiger partial charge is 0.336 e. The third-order valence-electron chi connectivity index (χ3n) is 6.64. The van der Waals surface area contributed by atoms with Crippen molar-refractivity contribution in [2.75, 3.05) is 39.3 Å². The Labute approximate surface area is 194 Å². The molecule has 1 amide bonds. The van der Waals surface area contributed by atoms with Crippen LogP contribution in [0, 0.1) is 0 Å². The third-order valence-corrected chi connectivity index (χ3v) is 9.40. The van der Waals surface area contributed by atoms with E-state index in [1.807, 2.05) is 4.90 Å². The zero-order chi connectivity index (χ0) is 22.1. The molecule has 0 atom stereocenters. The van der Waals surface area contributed by atoms with Gasteiger partial charge in [0.25, 0.3) is 5.91 Å². The number of thiazole rings is 1. The Bertz CT molecular complexity index is 1050. The molecule has 1 saturated carbocycles. The first-order valence-corrected chi connectivity index (χ1v) is 13.9. The molecule has 2 aromatic rings. The Balaban J connectivity index is 1.16. The van der Waals surface area contributed by atoms with Gasteiger partial charge in [0.15, 0.2) is 0 Å². The van der Waals surface area contributed by atoms with Crippen molar-refractivity contribution in [3.63, 3.8) is 0 Å². The van der Waals surface area contributed by atoms with Gasteiger partial charge < -0.3 is 4.90 Å².